The van der Waals surface area contributed by atoms with Gasteiger partial charge in [0.2, 0.25) is 0 Å². The summed E-state index contributed by atoms with van der Waals surface area (Å²) in [5.74, 6) is -1.84. The SMILES string of the molecule is CC(C)(C)OC(=O)NC(CN)Cc1cccc(F)c1F. The highest BCUT2D eigenvalue weighted by Crippen LogP contribution is 2.13. The van der Waals surface area contributed by atoms with E-state index in [2.05, 4.69) is 5.32 Å². The predicted octanol–water partition coefficient (Wildman–Crippen LogP) is 2.36. The Kier molecular flexibility index (Phi) is 5.44. The van der Waals surface area contributed by atoms with E-state index in [0.29, 0.717) is 0 Å². The van der Waals surface area contributed by atoms with Crippen LogP contribution in [0.2, 0.25) is 0 Å². The monoisotopic (exact) mass is 286 g/mol. The second kappa shape index (κ2) is 6.65. The van der Waals surface area contributed by atoms with Gasteiger partial charge in [-0.2, -0.15) is 0 Å². The smallest absolute Gasteiger partial charge is 0.407 e. The maximum atomic E-state index is 13.5. The van der Waals surface area contributed by atoms with Crippen LogP contribution < -0.4 is 11.1 Å². The van der Waals surface area contributed by atoms with Crippen LogP contribution in [0, 0.1) is 11.6 Å². The minimum atomic E-state index is -0.921. The number of rotatable bonds is 4. The third-order valence-electron chi connectivity index (χ3n) is 2.50. The minimum Gasteiger partial charge on any atom is -0.444 e. The lowest BCUT2D eigenvalue weighted by molar-refractivity contribution is 0.0505. The molecule has 0 saturated carbocycles. The van der Waals surface area contributed by atoms with Gasteiger partial charge in [0.05, 0.1) is 0 Å². The number of benzene rings is 1. The van der Waals surface area contributed by atoms with Crippen molar-refractivity contribution in [2.75, 3.05) is 6.54 Å². The summed E-state index contributed by atoms with van der Waals surface area (Å²) in [6, 6.07) is 3.38. The molecule has 4 nitrogen and oxygen atoms in total. The van der Waals surface area contributed by atoms with Crippen LogP contribution in [0.3, 0.4) is 0 Å². The molecular weight excluding hydrogens is 266 g/mol. The Balaban J connectivity index is 2.68. The standard InChI is InChI=1S/C14H20F2N2O2/c1-14(2,3)20-13(19)18-10(8-17)7-9-5-4-6-11(15)12(9)16/h4-6,10H,7-8,17H2,1-3H3,(H,18,19). The highest BCUT2D eigenvalue weighted by atomic mass is 19.2. The Hall–Kier alpha value is -1.69. The molecule has 0 saturated heterocycles. The number of hydrogen-bond donors (Lipinski definition) is 2. The summed E-state index contributed by atoms with van der Waals surface area (Å²) in [6.45, 7) is 5.29. The van der Waals surface area contributed by atoms with E-state index in [0.717, 1.165) is 6.07 Å². The molecule has 3 N–H and O–H groups in total. The van der Waals surface area contributed by atoms with Crippen molar-refractivity contribution in [3.63, 3.8) is 0 Å². The summed E-state index contributed by atoms with van der Waals surface area (Å²) in [5, 5.41) is 2.54. The summed E-state index contributed by atoms with van der Waals surface area (Å²) in [7, 11) is 0. The van der Waals surface area contributed by atoms with Gasteiger partial charge in [0.25, 0.3) is 0 Å². The fourth-order valence-electron chi connectivity index (χ4n) is 1.64. The maximum absolute atomic E-state index is 13.5. The van der Waals surface area contributed by atoms with Crippen molar-refractivity contribution in [3.8, 4) is 0 Å². The first-order chi connectivity index (χ1) is 9.23. The van der Waals surface area contributed by atoms with Crippen molar-refractivity contribution in [2.24, 2.45) is 5.73 Å². The molecule has 112 valence electrons. The van der Waals surface area contributed by atoms with Gasteiger partial charge in [0, 0.05) is 12.6 Å². The maximum Gasteiger partial charge on any atom is 0.407 e. The van der Waals surface area contributed by atoms with Gasteiger partial charge in [-0.1, -0.05) is 12.1 Å². The van der Waals surface area contributed by atoms with Crippen LogP contribution >= 0.6 is 0 Å². The van der Waals surface area contributed by atoms with Gasteiger partial charge in [-0.3, -0.25) is 0 Å². The van der Waals surface area contributed by atoms with Crippen LogP contribution in [0.1, 0.15) is 26.3 Å². The lowest BCUT2D eigenvalue weighted by atomic mass is 10.1. The molecule has 1 unspecified atom stereocenters. The zero-order chi connectivity index (χ0) is 15.3. The second-order valence-electron chi connectivity index (χ2n) is 5.50. The Morgan fingerprint density at radius 1 is 1.40 bits per heavy atom. The first-order valence-corrected chi connectivity index (χ1v) is 6.35. The summed E-state index contributed by atoms with van der Waals surface area (Å²) < 4.78 is 31.7. The van der Waals surface area contributed by atoms with Crippen LogP contribution in [0.25, 0.3) is 0 Å². The molecule has 0 aliphatic carbocycles. The molecule has 0 radical (unpaired) electrons. The predicted molar refractivity (Wildman–Crippen MR) is 72.3 cm³/mol. The molecule has 1 rings (SSSR count). The molecule has 1 atom stereocenters. The average Bonchev–Trinajstić information content (AvgIpc) is 2.31. The number of carbonyl (C=O) groups is 1. The van der Waals surface area contributed by atoms with Crippen LogP contribution in [0.15, 0.2) is 18.2 Å². The Morgan fingerprint density at radius 3 is 2.60 bits per heavy atom. The van der Waals surface area contributed by atoms with Gasteiger partial charge < -0.3 is 15.8 Å². The fourth-order valence-corrected chi connectivity index (χ4v) is 1.64. The number of nitrogens with two attached hydrogens (primary N) is 1. The van der Waals surface area contributed by atoms with E-state index in [9.17, 15) is 13.6 Å². The van der Waals surface area contributed by atoms with Crippen molar-refractivity contribution in [3.05, 3.63) is 35.4 Å². The second-order valence-corrected chi connectivity index (χ2v) is 5.50. The minimum absolute atomic E-state index is 0.0925. The average molecular weight is 286 g/mol. The topological polar surface area (TPSA) is 64.3 Å². The molecule has 0 aromatic heterocycles. The van der Waals surface area contributed by atoms with Gasteiger partial charge in [-0.05, 0) is 38.8 Å². The molecule has 0 heterocycles. The van der Waals surface area contributed by atoms with Gasteiger partial charge in [0.1, 0.15) is 5.60 Å². The summed E-state index contributed by atoms with van der Waals surface area (Å²) >= 11 is 0. The van der Waals surface area contributed by atoms with E-state index in [4.69, 9.17) is 10.5 Å². The number of ether oxygens (including phenoxy) is 1. The molecule has 1 aromatic carbocycles. The molecular formula is C14H20F2N2O2. The van der Waals surface area contributed by atoms with Crippen molar-refractivity contribution in [2.45, 2.75) is 38.8 Å². The van der Waals surface area contributed by atoms with Crippen molar-refractivity contribution >= 4 is 6.09 Å². The van der Waals surface area contributed by atoms with Crippen molar-refractivity contribution < 1.29 is 18.3 Å². The molecule has 6 heteroatoms. The molecule has 1 amide bonds. The molecule has 1 aromatic rings. The van der Waals surface area contributed by atoms with E-state index < -0.39 is 29.4 Å². The van der Waals surface area contributed by atoms with Crippen molar-refractivity contribution in [1.82, 2.24) is 5.32 Å². The van der Waals surface area contributed by atoms with Crippen LogP contribution in [0.5, 0.6) is 0 Å². The van der Waals surface area contributed by atoms with Crippen molar-refractivity contribution in [1.29, 1.82) is 0 Å². The summed E-state index contributed by atoms with van der Waals surface area (Å²) in [5.41, 5.74) is 5.07. The van der Waals surface area contributed by atoms with Crippen LogP contribution in [-0.2, 0) is 11.2 Å². The fraction of sp³-hybridized carbons (Fsp3) is 0.500. The van der Waals surface area contributed by atoms with Gasteiger partial charge in [-0.15, -0.1) is 0 Å². The molecule has 0 fully saturated rings. The zero-order valence-electron chi connectivity index (χ0n) is 11.9. The normalized spacial score (nSPS) is 12.9. The quantitative estimate of drug-likeness (QED) is 0.893. The molecule has 0 aliphatic heterocycles. The van der Waals surface area contributed by atoms with E-state index in [1.165, 1.54) is 12.1 Å². The van der Waals surface area contributed by atoms with E-state index >= 15 is 0 Å². The number of carbonyl (C=O) groups excluding carboxylic acids is 1. The lowest BCUT2D eigenvalue weighted by Crippen LogP contribution is -2.44. The number of nitrogens with one attached hydrogen (secondary N) is 1. The first-order valence-electron chi connectivity index (χ1n) is 6.35. The largest absolute Gasteiger partial charge is 0.444 e. The van der Waals surface area contributed by atoms with Crippen LogP contribution in [0.4, 0.5) is 13.6 Å². The summed E-state index contributed by atoms with van der Waals surface area (Å²) in [6.07, 6.45) is -0.538. The summed E-state index contributed by atoms with van der Waals surface area (Å²) in [4.78, 5) is 11.6. The first kappa shape index (κ1) is 16.4. The lowest BCUT2D eigenvalue weighted by Gasteiger charge is -2.23. The number of hydrogen-bond acceptors (Lipinski definition) is 3. The highest BCUT2D eigenvalue weighted by Gasteiger charge is 2.20. The highest BCUT2D eigenvalue weighted by molar-refractivity contribution is 5.68. The molecule has 0 spiro atoms. The number of amides is 1. The molecule has 20 heavy (non-hydrogen) atoms. The van der Waals surface area contributed by atoms with E-state index in [-0.39, 0.29) is 18.5 Å². The third kappa shape index (κ3) is 5.13. The van der Waals surface area contributed by atoms with Gasteiger partial charge in [0.15, 0.2) is 11.6 Å². The van der Waals surface area contributed by atoms with Gasteiger partial charge >= 0.3 is 6.09 Å². The van der Waals surface area contributed by atoms with Crippen LogP contribution in [-0.4, -0.2) is 24.3 Å². The molecule has 0 bridgehead atoms. The number of halogens is 2. The third-order valence-corrected chi connectivity index (χ3v) is 2.50. The Labute approximate surface area is 117 Å². The Morgan fingerprint density at radius 2 is 2.05 bits per heavy atom. The van der Waals surface area contributed by atoms with Gasteiger partial charge in [-0.25, -0.2) is 13.6 Å². The number of alkyl carbamates (subject to hydrolysis) is 1. The zero-order valence-corrected chi connectivity index (χ0v) is 11.9. The molecule has 0 aliphatic rings. The van der Waals surface area contributed by atoms with E-state index in [1.54, 1.807) is 20.8 Å². The van der Waals surface area contributed by atoms with E-state index in [1.807, 2.05) is 0 Å². The Bertz CT molecular complexity index is 473.